The molecule has 736 valence electrons. The van der Waals surface area contributed by atoms with Crippen molar-refractivity contribution in [2.75, 3.05) is 70.9 Å². The molecule has 31 nitrogen and oxygen atoms in total. The fourth-order valence-corrected chi connectivity index (χ4v) is 12.1. The van der Waals surface area contributed by atoms with Crippen LogP contribution in [0.15, 0.2) is 182 Å². The van der Waals surface area contributed by atoms with Crippen LogP contribution in [0.25, 0.3) is 0 Å². The van der Waals surface area contributed by atoms with E-state index in [-0.39, 0.29) is 54.6 Å². The van der Waals surface area contributed by atoms with E-state index >= 15 is 0 Å². The van der Waals surface area contributed by atoms with Gasteiger partial charge in [0.05, 0.1) is 28.2 Å². The third kappa shape index (κ3) is 39.5. The van der Waals surface area contributed by atoms with E-state index in [4.69, 9.17) is 27.2 Å². The molecule has 0 saturated carbocycles. The van der Waals surface area contributed by atoms with Crippen LogP contribution in [0.1, 0.15) is 179 Å². The third-order valence-electron chi connectivity index (χ3n) is 17.4. The van der Waals surface area contributed by atoms with E-state index in [1.54, 1.807) is 94.5 Å². The maximum Gasteiger partial charge on any atom is 0.573 e. The molecule has 1 amide bonds. The highest BCUT2D eigenvalue weighted by Crippen LogP contribution is 2.39. The molecule has 12 aromatic rings. The Bertz CT molecular complexity index is 6180. The van der Waals surface area contributed by atoms with Crippen LogP contribution in [0, 0.1) is 41.5 Å². The van der Waals surface area contributed by atoms with Gasteiger partial charge in [-0.25, -0.2) is 43.5 Å². The lowest BCUT2D eigenvalue weighted by Gasteiger charge is -2.21. The molecule has 6 heterocycles. The molecular formula is C95H120ClF9N26O5S. The average Bonchev–Trinajstić information content (AvgIpc) is 0.820. The number of sulfonamides is 1. The van der Waals surface area contributed by atoms with Crippen LogP contribution in [0.5, 0.6) is 11.5 Å². The van der Waals surface area contributed by atoms with Crippen LogP contribution >= 0.6 is 11.6 Å². The largest absolute Gasteiger partial charge is 0.573 e. The molecule has 6 aromatic carbocycles. The second-order valence-corrected chi connectivity index (χ2v) is 39.4. The molecule has 0 aliphatic carbocycles. The average molecular weight is 1940 g/mol. The second kappa shape index (κ2) is 46.1. The summed E-state index contributed by atoms with van der Waals surface area (Å²) in [5, 5.41) is 42.4. The summed E-state index contributed by atoms with van der Waals surface area (Å²) in [7, 11) is -2.08. The molecule has 16 N–H and O–H groups in total. The molecule has 12 rings (SSSR count). The highest BCUT2D eigenvalue weighted by molar-refractivity contribution is 7.89. The molecule has 42 heteroatoms. The van der Waals surface area contributed by atoms with Gasteiger partial charge < -0.3 is 79.0 Å². The summed E-state index contributed by atoms with van der Waals surface area (Å²) in [5.41, 5.74) is 11.7. The summed E-state index contributed by atoms with van der Waals surface area (Å²) in [4.78, 5) is 63.0. The second-order valence-electron chi connectivity index (χ2n) is 37.4. The van der Waals surface area contributed by atoms with Crippen LogP contribution in [-0.2, 0) is 22.4 Å². The molecule has 0 aliphatic heterocycles. The Balaban J connectivity index is 0.000000224. The predicted octanol–water partition coefficient (Wildman–Crippen LogP) is 23.8. The number of anilines is 18. The van der Waals surface area contributed by atoms with Crippen LogP contribution in [0.4, 0.5) is 144 Å². The van der Waals surface area contributed by atoms with Gasteiger partial charge in [-0.15, -0.1) is 13.2 Å². The number of ether oxygens (including phenoxy) is 2. The fourth-order valence-electron chi connectivity index (χ4n) is 11.3. The summed E-state index contributed by atoms with van der Waals surface area (Å²) in [6.45, 7) is 47.3. The van der Waals surface area contributed by atoms with Gasteiger partial charge in [-0.1, -0.05) is 35.9 Å². The minimum Gasteiger partial charge on any atom is -0.496 e. The number of amides is 1. The number of nitrogens with two attached hydrogens (primary N) is 2. The lowest BCUT2D eigenvalue weighted by molar-refractivity contribution is -0.274. The van der Waals surface area contributed by atoms with Gasteiger partial charge in [-0.3, -0.25) is 4.79 Å². The smallest absolute Gasteiger partial charge is 0.496 e. The van der Waals surface area contributed by atoms with Crippen molar-refractivity contribution in [3.05, 3.63) is 232 Å². The number of halogens is 10. The fraction of sp³-hybridized carbons (Fsp3) is 0.358. The first kappa shape index (κ1) is 110. The molecule has 0 bridgehead atoms. The zero-order valence-electron chi connectivity index (χ0n) is 81.0. The van der Waals surface area contributed by atoms with Gasteiger partial charge in [0.25, 0.3) is 0 Å². The molecule has 0 unspecified atom stereocenters. The lowest BCUT2D eigenvalue weighted by Crippen LogP contribution is -2.27. The number of alkyl halides is 9. The zero-order chi connectivity index (χ0) is 102. The van der Waals surface area contributed by atoms with Gasteiger partial charge in [0, 0.05) is 150 Å². The number of methoxy groups -OCH3 is 1. The van der Waals surface area contributed by atoms with Gasteiger partial charge in [-0.2, -0.15) is 56.2 Å². The number of primary amides is 1. The Hall–Kier alpha value is -14.0. The quantitative estimate of drug-likeness (QED) is 0.0280. The van der Waals surface area contributed by atoms with Crippen molar-refractivity contribution in [2.45, 2.75) is 223 Å². The minimum absolute atomic E-state index is 0.0437. The molecule has 0 radical (unpaired) electrons. The van der Waals surface area contributed by atoms with Crippen LogP contribution in [0.3, 0.4) is 0 Å². The molecule has 6 aromatic heterocycles. The van der Waals surface area contributed by atoms with Gasteiger partial charge >= 0.3 is 18.7 Å². The molecule has 0 spiro atoms. The summed E-state index contributed by atoms with van der Waals surface area (Å²) in [6.07, 6.45) is -3.50. The molecule has 0 aliphatic rings. The maximum absolute atomic E-state index is 12.9. The van der Waals surface area contributed by atoms with Gasteiger partial charge in [0.2, 0.25) is 51.6 Å². The van der Waals surface area contributed by atoms with Crippen molar-refractivity contribution in [3.63, 3.8) is 0 Å². The van der Waals surface area contributed by atoms with Crippen LogP contribution < -0.4 is 84.1 Å². The highest BCUT2D eigenvalue weighted by atomic mass is 35.5. The summed E-state index contributed by atoms with van der Waals surface area (Å²) in [5.74, 6) is 6.51. The van der Waals surface area contributed by atoms with Gasteiger partial charge in [0.1, 0.15) is 46.4 Å². The maximum atomic E-state index is 12.9. The van der Waals surface area contributed by atoms with Gasteiger partial charge in [-0.05, 0) is 275 Å². The lowest BCUT2D eigenvalue weighted by atomic mass is 10.1. The third-order valence-corrected chi connectivity index (χ3v) is 18.6. The number of aromatic nitrogens is 12. The van der Waals surface area contributed by atoms with Crippen molar-refractivity contribution in [3.8, 4) is 11.5 Å². The van der Waals surface area contributed by atoms with E-state index in [9.17, 15) is 52.7 Å². The minimum atomic E-state index is -4.73. The number of hydrogen-bond acceptors (Lipinski definition) is 29. The number of benzene rings is 6. The number of nitrogens with one attached hydrogen (secondary N) is 12. The number of rotatable bonds is 22. The topological polar surface area (TPSA) is 421 Å². The summed E-state index contributed by atoms with van der Waals surface area (Å²) in [6, 6.07) is 35.0. The first-order chi connectivity index (χ1) is 63.2. The van der Waals surface area contributed by atoms with Crippen molar-refractivity contribution < 1.29 is 62.2 Å². The molecule has 137 heavy (non-hydrogen) atoms. The van der Waals surface area contributed by atoms with E-state index in [1.807, 2.05) is 162 Å². The molecule has 0 fully saturated rings. The molecule has 0 saturated heterocycles. The predicted molar refractivity (Wildman–Crippen MR) is 527 cm³/mol. The molecule has 0 atom stereocenters. The first-order valence-corrected chi connectivity index (χ1v) is 44.5. The van der Waals surface area contributed by atoms with Crippen molar-refractivity contribution in [1.29, 1.82) is 0 Å². The van der Waals surface area contributed by atoms with E-state index in [0.29, 0.717) is 93.0 Å². The van der Waals surface area contributed by atoms with E-state index in [0.717, 1.165) is 69.0 Å². The number of carbonyl (C=O) groups is 1. The standard InChI is InChI=1S/C16H18ClF3N4.C16H19F3N4O.C16H19F3N4.C16H21N5O.C16H22N4O.C15H21N5O2S/c1-9-8-21-14(24-15(2,3)4)23-13(9)22-10-5-6-12(17)11(7-10)16(18,19)20;1-10-9-20-14(23-15(2,3)4)22-13(10)21-11-6-5-7-12(8-11)24-16(17,18)19;1-10-9-20-14(23-15(2,3)4)22-13(10)21-12-7-5-11(6-8-12)16(17,18)19;1-10-9-18-15(21-16(2,3)4)20-14(10)19-12-7-5-6-11(8-12)13(17)22;1-11-12(7-6-8-13(11)21-5)18-14-9-10-17-15(19-14)20-16(2,3)4;1-10-9-17-14(20-15(2,3)4)19-13(10)18-11-6-5-7-12(8-11)23(16,21)22/h5-8H,1-4H3,(H2,21,22,23,24);5-9H,1-4H3,(H2,20,21,22,23);5-9H,1-4H3,(H2,20,21,22,23);5-9H,1-4H3,(H2,17,22)(H2,18,19,20,21);6-10H,1-5H3,(H2,17,18,19,20);5-9H,1-4H3,(H2,16,21,22)(H2,17,18,19,20). The Morgan fingerprint density at radius 2 is 0.723 bits per heavy atom. The normalized spacial score (nSPS) is 11.8. The van der Waals surface area contributed by atoms with Gasteiger partial charge in [0.15, 0.2) is 0 Å². The summed E-state index contributed by atoms with van der Waals surface area (Å²) >= 11 is 5.63. The Morgan fingerprint density at radius 3 is 1.08 bits per heavy atom. The number of nitrogens with zero attached hydrogens (tertiary/aromatic N) is 12. The van der Waals surface area contributed by atoms with Crippen molar-refractivity contribution in [1.82, 2.24) is 59.8 Å². The van der Waals surface area contributed by atoms with Crippen molar-refractivity contribution >= 4 is 132 Å². The Kier molecular flexibility index (Phi) is 37.0. The Labute approximate surface area is 798 Å². The van der Waals surface area contributed by atoms with E-state index in [1.165, 1.54) is 54.6 Å². The number of carbonyl (C=O) groups excluding carboxylic acids is 1. The first-order valence-electron chi connectivity index (χ1n) is 42.6. The Morgan fingerprint density at radius 1 is 0.380 bits per heavy atom. The SMILES string of the molecule is COc1cccc(Nc2ccnc(NC(C)(C)C)n2)c1C.Cc1cnc(NC(C)(C)C)nc1Nc1ccc(C(F)(F)F)cc1.Cc1cnc(NC(C)(C)C)nc1Nc1ccc(Cl)c(C(F)(F)F)c1.Cc1cnc(NC(C)(C)C)nc1Nc1cccc(C(N)=O)c1.Cc1cnc(NC(C)(C)C)nc1Nc1cccc(OC(F)(F)F)c1.Cc1cnc(NC(C)(C)C)nc1Nc1cccc(S(N)(=O)=O)c1. The van der Waals surface area contributed by atoms with Crippen LogP contribution in [0.2, 0.25) is 5.02 Å². The zero-order valence-corrected chi connectivity index (χ0v) is 82.6. The van der Waals surface area contributed by atoms with E-state index < -0.39 is 45.8 Å². The van der Waals surface area contributed by atoms with E-state index in [2.05, 4.69) is 149 Å². The van der Waals surface area contributed by atoms with Crippen molar-refractivity contribution in [2.24, 2.45) is 10.9 Å². The number of primary sulfonamides is 1. The number of hydrogen-bond donors (Lipinski definition) is 14. The molecular weight excluding hydrogens is 1820 g/mol. The number of aryl methyl sites for hydroxylation is 5. The van der Waals surface area contributed by atoms with Crippen LogP contribution in [-0.4, -0.2) is 121 Å². The highest BCUT2D eigenvalue weighted by Gasteiger charge is 2.35. The monoisotopic (exact) mass is 1940 g/mol. The summed E-state index contributed by atoms with van der Waals surface area (Å²) < 4.78 is 146.